The molecule has 0 aliphatic rings. The highest BCUT2D eigenvalue weighted by Crippen LogP contribution is 2.37. The van der Waals surface area contributed by atoms with E-state index in [1.807, 2.05) is 39.8 Å². The molecule has 24 heavy (non-hydrogen) atoms. The zero-order valence-electron chi connectivity index (χ0n) is 14.3. The van der Waals surface area contributed by atoms with Gasteiger partial charge in [-0.3, -0.25) is 4.57 Å². The number of nitrogens with zero attached hydrogens (tertiary/aromatic N) is 2. The van der Waals surface area contributed by atoms with E-state index in [0.29, 0.717) is 28.0 Å². The quantitative estimate of drug-likeness (QED) is 0.541. The minimum absolute atomic E-state index is 0.176. The summed E-state index contributed by atoms with van der Waals surface area (Å²) in [6.07, 6.45) is -1.21. The van der Waals surface area contributed by atoms with Crippen molar-refractivity contribution in [3.8, 4) is 11.4 Å². The second kappa shape index (κ2) is 5.51. The van der Waals surface area contributed by atoms with Gasteiger partial charge in [-0.25, -0.2) is 4.98 Å². The fourth-order valence-corrected chi connectivity index (χ4v) is 3.14. The highest BCUT2D eigenvalue weighted by molar-refractivity contribution is 5.90. The van der Waals surface area contributed by atoms with Crippen molar-refractivity contribution in [3.05, 3.63) is 46.1 Å². The van der Waals surface area contributed by atoms with Crippen molar-refractivity contribution in [1.82, 2.24) is 9.55 Å². The summed E-state index contributed by atoms with van der Waals surface area (Å²) in [5, 5.41) is 20.9. The Balaban J connectivity index is 2.52. The van der Waals surface area contributed by atoms with Gasteiger partial charge in [0.15, 0.2) is 0 Å². The largest absolute Gasteiger partial charge is 0.508 e. The Kier molecular flexibility index (Phi) is 3.74. The summed E-state index contributed by atoms with van der Waals surface area (Å²) in [4.78, 5) is 4.66. The first-order chi connectivity index (χ1) is 11.2. The lowest BCUT2D eigenvalue weighted by atomic mass is 10.1. The molecule has 6 nitrogen and oxygen atoms in total. The smallest absolute Gasteiger partial charge is 0.146 e. The van der Waals surface area contributed by atoms with Crippen molar-refractivity contribution >= 4 is 16.9 Å². The predicted molar refractivity (Wildman–Crippen MR) is 95.2 cm³/mol. The molecule has 0 aliphatic carbocycles. The van der Waals surface area contributed by atoms with Crippen LogP contribution < -0.4 is 11.5 Å². The topological polar surface area (TPSA) is 110 Å². The van der Waals surface area contributed by atoms with Gasteiger partial charge < -0.3 is 21.7 Å². The lowest BCUT2D eigenvalue weighted by Gasteiger charge is -2.16. The number of aliphatic hydroxyl groups excluding tert-OH is 1. The van der Waals surface area contributed by atoms with Crippen LogP contribution in [0.2, 0.25) is 0 Å². The summed E-state index contributed by atoms with van der Waals surface area (Å²) in [5.74, 6) is 0.504. The number of phenolic OH excluding ortho intramolecular Hbond substituents is 1. The molecule has 6 heteroatoms. The lowest BCUT2D eigenvalue weighted by Crippen LogP contribution is -2.12. The molecule has 0 fully saturated rings. The molecule has 0 radical (unpaired) electrons. The van der Waals surface area contributed by atoms with Crippen molar-refractivity contribution in [3.63, 3.8) is 0 Å². The van der Waals surface area contributed by atoms with Gasteiger partial charge in [-0.05, 0) is 51.0 Å². The third kappa shape index (κ3) is 2.23. The molecule has 3 aromatic rings. The van der Waals surface area contributed by atoms with Crippen LogP contribution in [0, 0.1) is 27.7 Å². The third-order valence-electron chi connectivity index (χ3n) is 4.59. The van der Waals surface area contributed by atoms with Crippen LogP contribution in [0.4, 0.5) is 5.82 Å². The highest BCUT2D eigenvalue weighted by atomic mass is 16.3. The van der Waals surface area contributed by atoms with Crippen LogP contribution >= 0.6 is 0 Å². The fraction of sp³-hybridized carbons (Fsp3) is 0.278. The number of phenols is 1. The third-order valence-corrected chi connectivity index (χ3v) is 4.59. The normalized spacial score (nSPS) is 12.8. The van der Waals surface area contributed by atoms with E-state index < -0.39 is 6.23 Å². The number of aryl methyl sites for hydroxylation is 3. The zero-order valence-corrected chi connectivity index (χ0v) is 14.3. The van der Waals surface area contributed by atoms with Crippen LogP contribution in [-0.2, 0) is 0 Å². The first-order valence-electron chi connectivity index (χ1n) is 7.75. The number of aromatic hydroxyl groups is 1. The predicted octanol–water partition coefficient (Wildman–Crippen LogP) is 2.50. The van der Waals surface area contributed by atoms with Crippen molar-refractivity contribution < 1.29 is 10.2 Å². The summed E-state index contributed by atoms with van der Waals surface area (Å²) in [6, 6.07) is 5.41. The molecule has 1 unspecified atom stereocenters. The number of nitrogens with two attached hydrogens (primary N) is 2. The Bertz CT molecular complexity index is 958. The molecule has 6 N–H and O–H groups in total. The van der Waals surface area contributed by atoms with Gasteiger partial charge in [-0.2, -0.15) is 0 Å². The number of nitrogen functional groups attached to an aromatic ring is 1. The van der Waals surface area contributed by atoms with E-state index in [-0.39, 0.29) is 5.75 Å². The first-order valence-corrected chi connectivity index (χ1v) is 7.75. The SMILES string of the molecule is Cc1cc2c(C(N)O)c(N)n(-c3c(C)ccc(O)c3C)c2nc1C. The van der Waals surface area contributed by atoms with Crippen LogP contribution in [0.3, 0.4) is 0 Å². The lowest BCUT2D eigenvalue weighted by molar-refractivity contribution is 0.188. The van der Waals surface area contributed by atoms with Crippen molar-refractivity contribution in [1.29, 1.82) is 0 Å². The van der Waals surface area contributed by atoms with Gasteiger partial charge in [0.1, 0.15) is 23.4 Å². The molecule has 3 rings (SSSR count). The summed E-state index contributed by atoms with van der Waals surface area (Å²) >= 11 is 0. The summed E-state index contributed by atoms with van der Waals surface area (Å²) in [6.45, 7) is 7.63. The van der Waals surface area contributed by atoms with Gasteiger partial charge in [0.25, 0.3) is 0 Å². The molecule has 126 valence electrons. The Morgan fingerprint density at radius 2 is 1.79 bits per heavy atom. The van der Waals surface area contributed by atoms with E-state index in [1.54, 1.807) is 10.6 Å². The molecule has 0 spiro atoms. The van der Waals surface area contributed by atoms with Crippen molar-refractivity contribution in [2.75, 3.05) is 5.73 Å². The van der Waals surface area contributed by atoms with Gasteiger partial charge in [0.2, 0.25) is 0 Å². The molecule has 2 heterocycles. The highest BCUT2D eigenvalue weighted by Gasteiger charge is 2.24. The number of benzene rings is 1. The first kappa shape index (κ1) is 16.3. The summed E-state index contributed by atoms with van der Waals surface area (Å²) < 4.78 is 1.76. The molecule has 0 aliphatic heterocycles. The number of hydrogen-bond donors (Lipinski definition) is 4. The van der Waals surface area contributed by atoms with Crippen LogP contribution in [0.25, 0.3) is 16.7 Å². The fourth-order valence-electron chi connectivity index (χ4n) is 3.14. The average Bonchev–Trinajstić information content (AvgIpc) is 2.77. The van der Waals surface area contributed by atoms with Gasteiger partial charge >= 0.3 is 0 Å². The summed E-state index contributed by atoms with van der Waals surface area (Å²) in [7, 11) is 0. The van der Waals surface area contributed by atoms with Crippen LogP contribution in [0.1, 0.15) is 34.2 Å². The molecule has 1 atom stereocenters. The molecule has 0 bridgehead atoms. The molecule has 0 saturated carbocycles. The second-order valence-electron chi connectivity index (χ2n) is 6.22. The van der Waals surface area contributed by atoms with Gasteiger partial charge in [0.05, 0.1) is 5.69 Å². The Morgan fingerprint density at radius 1 is 1.12 bits per heavy atom. The van der Waals surface area contributed by atoms with E-state index in [2.05, 4.69) is 4.98 Å². The standard InChI is InChI=1S/C18H22N4O2/c1-8-5-6-13(23)10(3)15(8)22-16(19)14(17(20)24)12-7-9(2)11(4)21-18(12)22/h5-7,17,23-24H,19-20H2,1-4H3. The average molecular weight is 326 g/mol. The van der Waals surface area contributed by atoms with Gasteiger partial charge in [-0.15, -0.1) is 0 Å². The number of anilines is 1. The van der Waals surface area contributed by atoms with Gasteiger partial charge in [-0.1, -0.05) is 6.07 Å². The number of aromatic nitrogens is 2. The summed E-state index contributed by atoms with van der Waals surface area (Å²) in [5.41, 5.74) is 17.4. The Labute approximate surface area is 140 Å². The maximum atomic E-state index is 10.1. The number of hydrogen-bond acceptors (Lipinski definition) is 5. The van der Waals surface area contributed by atoms with E-state index in [0.717, 1.165) is 22.5 Å². The van der Waals surface area contributed by atoms with Gasteiger partial charge in [0, 0.05) is 22.2 Å². The Hall–Kier alpha value is -2.57. The van der Waals surface area contributed by atoms with E-state index >= 15 is 0 Å². The molecular weight excluding hydrogens is 304 g/mol. The van der Waals surface area contributed by atoms with Crippen molar-refractivity contribution in [2.45, 2.75) is 33.9 Å². The van der Waals surface area contributed by atoms with Crippen LogP contribution in [0.15, 0.2) is 18.2 Å². The second-order valence-corrected chi connectivity index (χ2v) is 6.22. The monoisotopic (exact) mass is 326 g/mol. The number of pyridine rings is 1. The Morgan fingerprint density at radius 3 is 2.42 bits per heavy atom. The van der Waals surface area contributed by atoms with E-state index in [1.165, 1.54) is 0 Å². The van der Waals surface area contributed by atoms with E-state index in [9.17, 15) is 10.2 Å². The molecular formula is C18H22N4O2. The van der Waals surface area contributed by atoms with Crippen molar-refractivity contribution in [2.24, 2.45) is 5.73 Å². The zero-order chi connectivity index (χ0) is 17.8. The number of rotatable bonds is 2. The molecule has 0 amide bonds. The molecule has 1 aromatic carbocycles. The molecule has 0 saturated heterocycles. The van der Waals surface area contributed by atoms with E-state index in [4.69, 9.17) is 11.5 Å². The number of fused-ring (bicyclic) bond motifs is 1. The maximum Gasteiger partial charge on any atom is 0.146 e. The maximum absolute atomic E-state index is 10.1. The molecule has 2 aromatic heterocycles. The minimum Gasteiger partial charge on any atom is -0.508 e. The van der Waals surface area contributed by atoms with Crippen LogP contribution in [-0.4, -0.2) is 19.8 Å². The minimum atomic E-state index is -1.21. The van der Waals surface area contributed by atoms with Crippen LogP contribution in [0.5, 0.6) is 5.75 Å². The number of aliphatic hydroxyl groups is 1.